The predicted octanol–water partition coefficient (Wildman–Crippen LogP) is 0.561. The minimum absolute atomic E-state index is 0.0959. The molecule has 0 amide bonds. The molecular formula is C10H17N3O. The number of nitrogens with zero attached hydrogens (tertiary/aromatic N) is 1. The molecule has 4 heteroatoms. The summed E-state index contributed by atoms with van der Waals surface area (Å²) in [4.78, 5) is 4.34. The Morgan fingerprint density at radius 1 is 1.50 bits per heavy atom. The second-order valence-corrected chi connectivity index (χ2v) is 3.26. The van der Waals surface area contributed by atoms with Gasteiger partial charge in [-0.25, -0.2) is 4.98 Å². The van der Waals surface area contributed by atoms with E-state index in [1.54, 1.807) is 0 Å². The van der Waals surface area contributed by atoms with Gasteiger partial charge in [-0.15, -0.1) is 0 Å². The van der Waals surface area contributed by atoms with E-state index in [1.807, 2.05) is 19.9 Å². The van der Waals surface area contributed by atoms with Gasteiger partial charge in [0.25, 0.3) is 0 Å². The zero-order valence-corrected chi connectivity index (χ0v) is 8.67. The molecular weight excluding hydrogens is 178 g/mol. The van der Waals surface area contributed by atoms with Crippen molar-refractivity contribution in [3.05, 3.63) is 22.9 Å². The molecule has 1 heterocycles. The topological polar surface area (TPSA) is 71.2 Å². The van der Waals surface area contributed by atoms with Gasteiger partial charge in [0.05, 0.1) is 6.61 Å². The standard InChI is InChI=1S/C10H17N3O/c1-7-5-8(2)13-10(9(7)6-11)12-3-4-14/h5,14H,3-4,6,11H2,1-2H3,(H,12,13). The minimum atomic E-state index is 0.0959. The van der Waals surface area contributed by atoms with Gasteiger partial charge < -0.3 is 16.2 Å². The van der Waals surface area contributed by atoms with Crippen LogP contribution in [0.25, 0.3) is 0 Å². The SMILES string of the molecule is Cc1cc(C)c(CN)c(NCCO)n1. The first-order valence-electron chi connectivity index (χ1n) is 4.71. The van der Waals surface area contributed by atoms with Gasteiger partial charge in [-0.1, -0.05) is 0 Å². The van der Waals surface area contributed by atoms with E-state index in [9.17, 15) is 0 Å². The van der Waals surface area contributed by atoms with Crippen LogP contribution in [0.4, 0.5) is 5.82 Å². The van der Waals surface area contributed by atoms with Gasteiger partial charge in [0, 0.05) is 24.3 Å². The molecule has 0 aliphatic heterocycles. The number of hydrogen-bond donors (Lipinski definition) is 3. The summed E-state index contributed by atoms with van der Waals surface area (Å²) in [7, 11) is 0. The second kappa shape index (κ2) is 4.93. The fourth-order valence-electron chi connectivity index (χ4n) is 1.44. The Morgan fingerprint density at radius 3 is 2.79 bits per heavy atom. The van der Waals surface area contributed by atoms with Crippen LogP contribution in [0.2, 0.25) is 0 Å². The van der Waals surface area contributed by atoms with Crippen molar-refractivity contribution >= 4 is 5.82 Å². The molecule has 1 rings (SSSR count). The molecule has 0 radical (unpaired) electrons. The first kappa shape index (κ1) is 10.9. The summed E-state index contributed by atoms with van der Waals surface area (Å²) >= 11 is 0. The molecule has 4 N–H and O–H groups in total. The molecule has 0 bridgehead atoms. The maximum atomic E-state index is 8.71. The summed E-state index contributed by atoms with van der Waals surface area (Å²) in [6, 6.07) is 2.01. The van der Waals surface area contributed by atoms with E-state index in [1.165, 1.54) is 0 Å². The van der Waals surface area contributed by atoms with E-state index < -0.39 is 0 Å². The van der Waals surface area contributed by atoms with Crippen molar-refractivity contribution in [2.75, 3.05) is 18.5 Å². The normalized spacial score (nSPS) is 10.3. The molecule has 0 saturated heterocycles. The number of nitrogens with two attached hydrogens (primary N) is 1. The number of anilines is 1. The zero-order valence-electron chi connectivity index (χ0n) is 8.67. The maximum absolute atomic E-state index is 8.71. The average molecular weight is 195 g/mol. The molecule has 0 saturated carbocycles. The van der Waals surface area contributed by atoms with Gasteiger partial charge in [-0.2, -0.15) is 0 Å². The predicted molar refractivity (Wildman–Crippen MR) is 57.2 cm³/mol. The zero-order chi connectivity index (χ0) is 10.6. The number of hydrogen-bond acceptors (Lipinski definition) is 4. The van der Waals surface area contributed by atoms with Crippen molar-refractivity contribution in [3.63, 3.8) is 0 Å². The number of aromatic nitrogens is 1. The summed E-state index contributed by atoms with van der Waals surface area (Å²) in [5.74, 6) is 0.791. The minimum Gasteiger partial charge on any atom is -0.395 e. The lowest BCUT2D eigenvalue weighted by Gasteiger charge is -2.12. The van der Waals surface area contributed by atoms with Gasteiger partial charge in [0.15, 0.2) is 0 Å². The van der Waals surface area contributed by atoms with Gasteiger partial charge in [-0.3, -0.25) is 0 Å². The molecule has 0 aliphatic rings. The third-order valence-corrected chi connectivity index (χ3v) is 2.08. The van der Waals surface area contributed by atoms with E-state index in [-0.39, 0.29) is 6.61 Å². The maximum Gasteiger partial charge on any atom is 0.131 e. The number of nitrogens with one attached hydrogen (secondary N) is 1. The van der Waals surface area contributed by atoms with Gasteiger partial charge in [0.1, 0.15) is 5.82 Å². The average Bonchev–Trinajstić information content (AvgIpc) is 2.14. The summed E-state index contributed by atoms with van der Waals surface area (Å²) in [5, 5.41) is 11.8. The molecule has 0 atom stereocenters. The monoisotopic (exact) mass is 195 g/mol. The van der Waals surface area contributed by atoms with Crippen molar-refractivity contribution in [2.24, 2.45) is 5.73 Å². The smallest absolute Gasteiger partial charge is 0.131 e. The second-order valence-electron chi connectivity index (χ2n) is 3.26. The molecule has 0 fully saturated rings. The summed E-state index contributed by atoms with van der Waals surface area (Å²) in [6.07, 6.45) is 0. The molecule has 0 spiro atoms. The van der Waals surface area contributed by atoms with Crippen LogP contribution in [-0.2, 0) is 6.54 Å². The van der Waals surface area contributed by atoms with E-state index in [0.717, 1.165) is 22.6 Å². The van der Waals surface area contributed by atoms with E-state index in [0.29, 0.717) is 13.1 Å². The lowest BCUT2D eigenvalue weighted by atomic mass is 10.1. The van der Waals surface area contributed by atoms with Crippen LogP contribution in [0.3, 0.4) is 0 Å². The van der Waals surface area contributed by atoms with E-state index >= 15 is 0 Å². The summed E-state index contributed by atoms with van der Waals surface area (Å²) in [5.41, 5.74) is 8.75. The van der Waals surface area contributed by atoms with Gasteiger partial charge in [0.2, 0.25) is 0 Å². The summed E-state index contributed by atoms with van der Waals surface area (Å²) < 4.78 is 0. The lowest BCUT2D eigenvalue weighted by Crippen LogP contribution is -2.13. The van der Waals surface area contributed by atoms with Crippen LogP contribution in [0.5, 0.6) is 0 Å². The largest absolute Gasteiger partial charge is 0.395 e. The van der Waals surface area contributed by atoms with E-state index in [2.05, 4.69) is 10.3 Å². The number of rotatable bonds is 4. The Kier molecular flexibility index (Phi) is 3.85. The van der Waals surface area contributed by atoms with Gasteiger partial charge >= 0.3 is 0 Å². The highest BCUT2D eigenvalue weighted by atomic mass is 16.3. The fraction of sp³-hybridized carbons (Fsp3) is 0.500. The first-order chi connectivity index (χ1) is 6.69. The number of aliphatic hydroxyl groups excluding tert-OH is 1. The highest BCUT2D eigenvalue weighted by molar-refractivity contribution is 5.49. The van der Waals surface area contributed by atoms with Crippen LogP contribution in [0.15, 0.2) is 6.07 Å². The Labute approximate surface area is 84.2 Å². The molecule has 0 unspecified atom stereocenters. The molecule has 1 aromatic heterocycles. The Bertz CT molecular complexity index is 312. The van der Waals surface area contributed by atoms with Crippen LogP contribution in [0.1, 0.15) is 16.8 Å². The van der Waals surface area contributed by atoms with Crippen LogP contribution in [0, 0.1) is 13.8 Å². The highest BCUT2D eigenvalue weighted by Gasteiger charge is 2.06. The van der Waals surface area contributed by atoms with E-state index in [4.69, 9.17) is 10.8 Å². The van der Waals surface area contributed by atoms with Gasteiger partial charge in [-0.05, 0) is 25.5 Å². The third-order valence-electron chi connectivity index (χ3n) is 2.08. The molecule has 14 heavy (non-hydrogen) atoms. The first-order valence-corrected chi connectivity index (χ1v) is 4.71. The van der Waals surface area contributed by atoms with Crippen LogP contribution < -0.4 is 11.1 Å². The highest BCUT2D eigenvalue weighted by Crippen LogP contribution is 2.17. The Morgan fingerprint density at radius 2 is 2.21 bits per heavy atom. The lowest BCUT2D eigenvalue weighted by molar-refractivity contribution is 0.311. The van der Waals surface area contributed by atoms with Crippen LogP contribution >= 0.6 is 0 Å². The number of aryl methyl sites for hydroxylation is 2. The molecule has 0 aliphatic carbocycles. The molecule has 4 nitrogen and oxygen atoms in total. The van der Waals surface area contributed by atoms with Crippen molar-refractivity contribution in [3.8, 4) is 0 Å². The van der Waals surface area contributed by atoms with Crippen molar-refractivity contribution in [2.45, 2.75) is 20.4 Å². The third kappa shape index (κ3) is 2.43. The number of aliphatic hydroxyl groups is 1. The summed E-state index contributed by atoms with van der Waals surface area (Å²) in [6.45, 7) is 5.02. The molecule has 78 valence electrons. The van der Waals surface area contributed by atoms with Crippen LogP contribution in [-0.4, -0.2) is 23.2 Å². The van der Waals surface area contributed by atoms with Crippen molar-refractivity contribution in [1.82, 2.24) is 4.98 Å². The Hall–Kier alpha value is -1.13. The quantitative estimate of drug-likeness (QED) is 0.656. The molecule has 0 aromatic carbocycles. The van der Waals surface area contributed by atoms with Crippen molar-refractivity contribution in [1.29, 1.82) is 0 Å². The van der Waals surface area contributed by atoms with Crippen molar-refractivity contribution < 1.29 is 5.11 Å². The Balaban J connectivity index is 2.99. The number of pyridine rings is 1. The fourth-order valence-corrected chi connectivity index (χ4v) is 1.44. The molecule has 1 aromatic rings.